The summed E-state index contributed by atoms with van der Waals surface area (Å²) in [7, 11) is 0. The quantitative estimate of drug-likeness (QED) is 0.212. The minimum atomic E-state index is -0.286. The average Bonchev–Trinajstić information content (AvgIpc) is 2.67. The van der Waals surface area contributed by atoms with Gasteiger partial charge in [-0.1, -0.05) is 60.7 Å². The average molecular weight is 354 g/mol. The van der Waals surface area contributed by atoms with Crippen molar-refractivity contribution in [1.29, 1.82) is 0 Å². The Morgan fingerprint density at radius 1 is 1.00 bits per heavy atom. The van der Waals surface area contributed by atoms with Crippen molar-refractivity contribution in [3.8, 4) is 0 Å². The van der Waals surface area contributed by atoms with Crippen LogP contribution in [0.25, 0.3) is 0 Å². The summed E-state index contributed by atoms with van der Waals surface area (Å²) >= 11 is 0. The number of hydrogen-bond acceptors (Lipinski definition) is 3. The molecule has 0 aliphatic rings. The van der Waals surface area contributed by atoms with E-state index in [1.165, 1.54) is 10.6 Å². The first-order valence-electron chi connectivity index (χ1n) is 9.24. The molecule has 0 aromatic heterocycles. The lowest BCUT2D eigenvalue weighted by molar-refractivity contribution is 0.178. The van der Waals surface area contributed by atoms with Crippen LogP contribution in [-0.4, -0.2) is 23.6 Å². The van der Waals surface area contributed by atoms with Crippen LogP contribution in [0.3, 0.4) is 0 Å². The van der Waals surface area contributed by atoms with E-state index in [9.17, 15) is 4.79 Å². The van der Waals surface area contributed by atoms with Crippen LogP contribution >= 0.6 is 0 Å². The lowest BCUT2D eigenvalue weighted by Gasteiger charge is -2.26. The molecule has 2 aromatic rings. The number of aryl methyl sites for hydroxylation is 1. The lowest BCUT2D eigenvalue weighted by Crippen LogP contribution is -2.51. The van der Waals surface area contributed by atoms with Gasteiger partial charge in [0.1, 0.15) is 6.17 Å². The van der Waals surface area contributed by atoms with Crippen molar-refractivity contribution in [2.24, 2.45) is 5.84 Å². The van der Waals surface area contributed by atoms with Crippen LogP contribution < -0.4 is 16.5 Å². The second-order valence-electron chi connectivity index (χ2n) is 6.69. The van der Waals surface area contributed by atoms with Gasteiger partial charge in [-0.15, -0.1) is 0 Å². The number of carbonyl (C=O) groups excluding carboxylic acids is 1. The largest absolute Gasteiger partial charge is 0.333 e. The summed E-state index contributed by atoms with van der Waals surface area (Å²) in [5.74, 6) is 5.82. The molecule has 0 radical (unpaired) electrons. The molecule has 5 heteroatoms. The Kier molecular flexibility index (Phi) is 8.12. The number of urea groups is 1. The highest BCUT2D eigenvalue weighted by molar-refractivity contribution is 5.74. The van der Waals surface area contributed by atoms with Gasteiger partial charge in [-0.2, -0.15) is 0 Å². The molecule has 5 nitrogen and oxygen atoms in total. The zero-order chi connectivity index (χ0) is 18.8. The van der Waals surface area contributed by atoms with Crippen LogP contribution in [-0.2, 0) is 6.42 Å². The molecule has 2 aromatic carbocycles. The van der Waals surface area contributed by atoms with Gasteiger partial charge in [0.2, 0.25) is 0 Å². The molecule has 1 unspecified atom stereocenters. The number of nitrogens with one attached hydrogen (secondary N) is 2. The fourth-order valence-electron chi connectivity index (χ4n) is 2.68. The zero-order valence-corrected chi connectivity index (χ0v) is 15.7. The van der Waals surface area contributed by atoms with Crippen molar-refractivity contribution in [2.45, 2.75) is 45.3 Å². The second-order valence-corrected chi connectivity index (χ2v) is 6.69. The van der Waals surface area contributed by atoms with E-state index in [0.717, 1.165) is 31.4 Å². The van der Waals surface area contributed by atoms with Gasteiger partial charge in [0.15, 0.2) is 0 Å². The highest BCUT2D eigenvalue weighted by Crippen LogP contribution is 2.11. The molecule has 0 saturated carbocycles. The van der Waals surface area contributed by atoms with E-state index < -0.39 is 0 Å². The monoisotopic (exact) mass is 354 g/mol. The van der Waals surface area contributed by atoms with Crippen LogP contribution in [0, 0.1) is 0 Å². The number of rotatable bonds is 9. The van der Waals surface area contributed by atoms with E-state index in [4.69, 9.17) is 5.84 Å². The Labute approximate surface area is 156 Å². The minimum Gasteiger partial charge on any atom is -0.317 e. The molecule has 2 rings (SSSR count). The van der Waals surface area contributed by atoms with Gasteiger partial charge in [-0.3, -0.25) is 10.3 Å². The Balaban J connectivity index is 1.85. The molecule has 0 aliphatic carbocycles. The van der Waals surface area contributed by atoms with Gasteiger partial charge in [0.05, 0.1) is 0 Å². The van der Waals surface area contributed by atoms with Gasteiger partial charge in [-0.05, 0) is 50.8 Å². The van der Waals surface area contributed by atoms with Crippen LogP contribution in [0.1, 0.15) is 44.0 Å². The third-order valence-corrected chi connectivity index (χ3v) is 4.28. The number of benzene rings is 2. The van der Waals surface area contributed by atoms with Crippen molar-refractivity contribution in [3.05, 3.63) is 71.8 Å². The normalized spacial score (nSPS) is 12.0. The Hall–Kier alpha value is -2.37. The molecule has 2 amide bonds. The molecule has 0 aliphatic heterocycles. The van der Waals surface area contributed by atoms with Crippen LogP contribution in [0.2, 0.25) is 0 Å². The van der Waals surface area contributed by atoms with E-state index >= 15 is 0 Å². The molecular formula is C21H30N4O. The van der Waals surface area contributed by atoms with E-state index in [1.807, 2.05) is 50.2 Å². The summed E-state index contributed by atoms with van der Waals surface area (Å²) in [6.07, 6.45) is 2.94. The first kappa shape index (κ1) is 19.9. The van der Waals surface area contributed by atoms with Gasteiger partial charge >= 0.3 is 6.03 Å². The maximum atomic E-state index is 12.3. The van der Waals surface area contributed by atoms with Crippen molar-refractivity contribution >= 4 is 6.03 Å². The second kappa shape index (κ2) is 10.6. The summed E-state index contributed by atoms with van der Waals surface area (Å²) in [5.41, 5.74) is 2.37. The number of hydrazine groups is 1. The SMILES string of the molecule is CC(C)N(N)C(=O)NC(NCCCCc1ccccc1)c1ccccc1. The van der Waals surface area contributed by atoms with Crippen LogP contribution in [0.4, 0.5) is 4.79 Å². The third kappa shape index (κ3) is 6.50. The van der Waals surface area contributed by atoms with Gasteiger partial charge in [-0.25, -0.2) is 10.6 Å². The maximum Gasteiger partial charge on any atom is 0.333 e. The predicted octanol–water partition coefficient (Wildman–Crippen LogP) is 3.59. The molecule has 4 N–H and O–H groups in total. The lowest BCUT2D eigenvalue weighted by atomic mass is 10.1. The van der Waals surface area contributed by atoms with Crippen molar-refractivity contribution in [2.75, 3.05) is 6.54 Å². The van der Waals surface area contributed by atoms with E-state index in [2.05, 4.69) is 34.9 Å². The molecule has 1 atom stereocenters. The fraction of sp³-hybridized carbons (Fsp3) is 0.381. The first-order valence-corrected chi connectivity index (χ1v) is 9.24. The van der Waals surface area contributed by atoms with Crippen LogP contribution in [0.15, 0.2) is 60.7 Å². The van der Waals surface area contributed by atoms with Gasteiger partial charge < -0.3 is 5.32 Å². The number of amides is 2. The van der Waals surface area contributed by atoms with Gasteiger partial charge in [0, 0.05) is 6.04 Å². The minimum absolute atomic E-state index is 0.0581. The first-order chi connectivity index (χ1) is 12.6. The van der Waals surface area contributed by atoms with Crippen molar-refractivity contribution in [3.63, 3.8) is 0 Å². The maximum absolute atomic E-state index is 12.3. The molecule has 0 saturated heterocycles. The summed E-state index contributed by atoms with van der Waals surface area (Å²) in [6.45, 7) is 4.58. The number of carbonyl (C=O) groups is 1. The predicted molar refractivity (Wildman–Crippen MR) is 106 cm³/mol. The van der Waals surface area contributed by atoms with Crippen molar-refractivity contribution in [1.82, 2.24) is 15.6 Å². The molecule has 26 heavy (non-hydrogen) atoms. The molecule has 140 valence electrons. The van der Waals surface area contributed by atoms with E-state index in [0.29, 0.717) is 0 Å². The Bertz CT molecular complexity index is 646. The number of nitrogens with zero attached hydrogens (tertiary/aromatic N) is 1. The highest BCUT2D eigenvalue weighted by atomic mass is 16.2. The van der Waals surface area contributed by atoms with Crippen molar-refractivity contribution < 1.29 is 4.79 Å². The summed E-state index contributed by atoms with van der Waals surface area (Å²) in [6, 6.07) is 20.0. The smallest absolute Gasteiger partial charge is 0.317 e. The Morgan fingerprint density at radius 3 is 2.23 bits per heavy atom. The Morgan fingerprint density at radius 2 is 1.62 bits per heavy atom. The molecule has 0 bridgehead atoms. The fourth-order valence-corrected chi connectivity index (χ4v) is 2.68. The summed E-state index contributed by atoms with van der Waals surface area (Å²) < 4.78 is 0. The zero-order valence-electron chi connectivity index (χ0n) is 15.7. The van der Waals surface area contributed by atoms with Crippen LogP contribution in [0.5, 0.6) is 0 Å². The standard InChI is InChI=1S/C21H30N4O/c1-17(2)25(22)21(26)24-20(19-14-7-4-8-15-19)23-16-10-9-13-18-11-5-3-6-12-18/h3-8,11-12,14-15,17,20,23H,9-10,13,16,22H2,1-2H3,(H,24,26). The summed E-state index contributed by atoms with van der Waals surface area (Å²) in [4.78, 5) is 12.3. The molecular weight excluding hydrogens is 324 g/mol. The van der Waals surface area contributed by atoms with E-state index in [-0.39, 0.29) is 18.2 Å². The number of hydrogen-bond donors (Lipinski definition) is 3. The number of nitrogens with two attached hydrogens (primary N) is 1. The molecule has 0 spiro atoms. The number of unbranched alkanes of at least 4 members (excludes halogenated alkanes) is 1. The third-order valence-electron chi connectivity index (χ3n) is 4.28. The highest BCUT2D eigenvalue weighted by Gasteiger charge is 2.18. The van der Waals surface area contributed by atoms with Gasteiger partial charge in [0.25, 0.3) is 0 Å². The summed E-state index contributed by atoms with van der Waals surface area (Å²) in [5, 5.41) is 7.62. The molecule has 0 fully saturated rings. The van der Waals surface area contributed by atoms with E-state index in [1.54, 1.807) is 0 Å². The topological polar surface area (TPSA) is 70.4 Å². The molecule has 0 heterocycles.